The number of piperidine rings is 1. The number of nitrogens with one attached hydrogen (secondary N) is 1. The Hall–Kier alpha value is -1.12. The molecule has 1 fully saturated rings. The standard InChI is InChI=1S/C22H27Cl2N3O2S2/c1-14-21(15(2)28)31-22(25-14)30-11-3-4-20(29)26-17-7-9-27(10-8-17)13-16-5-6-18(23)19(24)12-16/h5-6,12,17H,3-4,7-11,13H2,1-2H3,(H,26,29). The van der Waals surface area contributed by atoms with Crippen LogP contribution in [0, 0.1) is 6.92 Å². The first-order chi connectivity index (χ1) is 14.8. The van der Waals surface area contributed by atoms with Gasteiger partial charge < -0.3 is 5.32 Å². The normalized spacial score (nSPS) is 15.2. The molecule has 0 unspecified atom stereocenters. The molecule has 1 aliphatic rings. The van der Waals surface area contributed by atoms with E-state index in [1.165, 1.54) is 11.3 Å². The lowest BCUT2D eigenvalue weighted by molar-refractivity contribution is -0.122. The molecular formula is C22H27Cl2N3O2S2. The van der Waals surface area contributed by atoms with Gasteiger partial charge in [0.05, 0.1) is 20.6 Å². The van der Waals surface area contributed by atoms with E-state index in [1.54, 1.807) is 18.7 Å². The van der Waals surface area contributed by atoms with Gasteiger partial charge in [-0.2, -0.15) is 0 Å². The van der Waals surface area contributed by atoms with E-state index in [0.29, 0.717) is 16.5 Å². The number of aryl methyl sites for hydroxylation is 1. The van der Waals surface area contributed by atoms with E-state index in [1.807, 2.05) is 25.1 Å². The first-order valence-electron chi connectivity index (χ1n) is 10.4. The summed E-state index contributed by atoms with van der Waals surface area (Å²) in [5.41, 5.74) is 1.95. The Morgan fingerprint density at radius 3 is 2.65 bits per heavy atom. The van der Waals surface area contributed by atoms with E-state index < -0.39 is 0 Å². The predicted molar refractivity (Wildman–Crippen MR) is 130 cm³/mol. The van der Waals surface area contributed by atoms with Crippen LogP contribution in [0.2, 0.25) is 10.0 Å². The molecule has 1 aliphatic heterocycles. The molecule has 9 heteroatoms. The molecule has 0 bridgehead atoms. The first kappa shape index (κ1) is 24.5. The number of rotatable bonds is 9. The Bertz CT molecular complexity index is 927. The minimum Gasteiger partial charge on any atom is -0.353 e. The Morgan fingerprint density at radius 1 is 1.26 bits per heavy atom. The van der Waals surface area contributed by atoms with E-state index in [9.17, 15) is 9.59 Å². The molecule has 0 atom stereocenters. The maximum absolute atomic E-state index is 12.3. The highest BCUT2D eigenvalue weighted by atomic mass is 35.5. The van der Waals surface area contributed by atoms with Gasteiger partial charge in [0.2, 0.25) is 5.91 Å². The number of carbonyl (C=O) groups is 2. The van der Waals surface area contributed by atoms with Crippen LogP contribution in [-0.4, -0.2) is 46.5 Å². The fourth-order valence-electron chi connectivity index (χ4n) is 3.58. The van der Waals surface area contributed by atoms with Crippen LogP contribution >= 0.6 is 46.3 Å². The quantitative estimate of drug-likeness (QED) is 0.275. The van der Waals surface area contributed by atoms with Gasteiger partial charge in [0, 0.05) is 44.8 Å². The van der Waals surface area contributed by atoms with Gasteiger partial charge in [0.15, 0.2) is 10.1 Å². The molecular weight excluding hydrogens is 473 g/mol. The third-order valence-corrected chi connectivity index (χ3v) is 8.44. The van der Waals surface area contributed by atoms with E-state index in [0.717, 1.165) is 65.1 Å². The van der Waals surface area contributed by atoms with Crippen molar-refractivity contribution in [2.75, 3.05) is 18.8 Å². The fourth-order valence-corrected chi connectivity index (χ4v) is 6.00. The number of likely N-dealkylation sites (tertiary alicyclic amines) is 1. The van der Waals surface area contributed by atoms with E-state index in [-0.39, 0.29) is 17.7 Å². The van der Waals surface area contributed by atoms with Crippen molar-refractivity contribution in [3.8, 4) is 0 Å². The summed E-state index contributed by atoms with van der Waals surface area (Å²) in [6, 6.07) is 6.00. The Kier molecular flexibility index (Phi) is 9.22. The molecule has 5 nitrogen and oxygen atoms in total. The summed E-state index contributed by atoms with van der Waals surface area (Å²) in [5.74, 6) is 0.993. The van der Waals surface area contributed by atoms with Crippen LogP contribution in [0.5, 0.6) is 0 Å². The predicted octanol–water partition coefficient (Wildman–Crippen LogP) is 5.61. The van der Waals surface area contributed by atoms with Crippen LogP contribution < -0.4 is 5.32 Å². The highest BCUT2D eigenvalue weighted by molar-refractivity contribution is 8.01. The van der Waals surface area contributed by atoms with Crippen LogP contribution in [-0.2, 0) is 11.3 Å². The van der Waals surface area contributed by atoms with Crippen molar-refractivity contribution in [3.63, 3.8) is 0 Å². The number of carbonyl (C=O) groups excluding carboxylic acids is 2. The van der Waals surface area contributed by atoms with E-state index in [4.69, 9.17) is 23.2 Å². The van der Waals surface area contributed by atoms with Crippen LogP contribution in [0.25, 0.3) is 0 Å². The summed E-state index contributed by atoms with van der Waals surface area (Å²) in [6.07, 6.45) is 3.21. The zero-order valence-corrected chi connectivity index (χ0v) is 20.9. The number of thiazole rings is 1. The van der Waals surface area contributed by atoms with Gasteiger partial charge in [0.1, 0.15) is 0 Å². The number of halogens is 2. The molecule has 2 aromatic rings. The first-order valence-corrected chi connectivity index (χ1v) is 12.9. The fraction of sp³-hybridized carbons (Fsp3) is 0.500. The number of nitrogens with zero attached hydrogens (tertiary/aromatic N) is 2. The highest BCUT2D eigenvalue weighted by Crippen LogP contribution is 2.28. The van der Waals surface area contributed by atoms with Crippen molar-refractivity contribution in [3.05, 3.63) is 44.4 Å². The number of amides is 1. The summed E-state index contributed by atoms with van der Waals surface area (Å²) in [4.78, 5) is 31.4. The summed E-state index contributed by atoms with van der Waals surface area (Å²) >= 11 is 15.1. The van der Waals surface area contributed by atoms with E-state index >= 15 is 0 Å². The molecule has 1 amide bonds. The average Bonchev–Trinajstić information content (AvgIpc) is 3.10. The SMILES string of the molecule is CC(=O)c1sc(SCCCC(=O)NC2CCN(Cc3ccc(Cl)c(Cl)c3)CC2)nc1C. The number of hydrogen-bond donors (Lipinski definition) is 1. The van der Waals surface area contributed by atoms with Gasteiger partial charge in [-0.05, 0) is 43.9 Å². The van der Waals surface area contributed by atoms with Crippen molar-refractivity contribution in [1.29, 1.82) is 0 Å². The van der Waals surface area contributed by atoms with Crippen molar-refractivity contribution in [1.82, 2.24) is 15.2 Å². The molecule has 2 heterocycles. The number of ketones is 1. The van der Waals surface area contributed by atoms with Crippen molar-refractivity contribution in [2.45, 2.75) is 56.5 Å². The van der Waals surface area contributed by atoms with Crippen molar-refractivity contribution in [2.24, 2.45) is 0 Å². The Balaban J connectivity index is 1.32. The third kappa shape index (κ3) is 7.46. The van der Waals surface area contributed by atoms with Crippen LogP contribution in [0.1, 0.15) is 53.5 Å². The number of Topliss-reactive ketones (excluding diaryl/α,β-unsaturated/α-hetero) is 1. The zero-order chi connectivity index (χ0) is 22.4. The van der Waals surface area contributed by atoms with Gasteiger partial charge in [-0.15, -0.1) is 11.3 Å². The molecule has 31 heavy (non-hydrogen) atoms. The van der Waals surface area contributed by atoms with Gasteiger partial charge >= 0.3 is 0 Å². The summed E-state index contributed by atoms with van der Waals surface area (Å²) in [7, 11) is 0. The summed E-state index contributed by atoms with van der Waals surface area (Å²) < 4.78 is 0.900. The molecule has 0 spiro atoms. The molecule has 0 radical (unpaired) electrons. The van der Waals surface area contributed by atoms with Crippen LogP contribution in [0.15, 0.2) is 22.5 Å². The van der Waals surface area contributed by atoms with Crippen LogP contribution in [0.3, 0.4) is 0 Å². The molecule has 1 N–H and O–H groups in total. The molecule has 1 aromatic carbocycles. The smallest absolute Gasteiger partial charge is 0.220 e. The lowest BCUT2D eigenvalue weighted by Gasteiger charge is -2.32. The van der Waals surface area contributed by atoms with Crippen molar-refractivity contribution >= 4 is 58.0 Å². The maximum Gasteiger partial charge on any atom is 0.220 e. The third-order valence-electron chi connectivity index (χ3n) is 5.21. The summed E-state index contributed by atoms with van der Waals surface area (Å²) in [6.45, 7) is 6.17. The maximum atomic E-state index is 12.3. The van der Waals surface area contributed by atoms with Crippen molar-refractivity contribution < 1.29 is 9.59 Å². The van der Waals surface area contributed by atoms with Gasteiger partial charge in [-0.3, -0.25) is 14.5 Å². The number of benzene rings is 1. The minimum absolute atomic E-state index is 0.0595. The molecule has 0 saturated carbocycles. The van der Waals surface area contributed by atoms with Crippen LogP contribution in [0.4, 0.5) is 0 Å². The number of aromatic nitrogens is 1. The topological polar surface area (TPSA) is 62.3 Å². The highest BCUT2D eigenvalue weighted by Gasteiger charge is 2.21. The molecule has 0 aliphatic carbocycles. The molecule has 1 aromatic heterocycles. The second-order valence-electron chi connectivity index (χ2n) is 7.77. The van der Waals surface area contributed by atoms with Gasteiger partial charge in [0.25, 0.3) is 0 Å². The molecule has 1 saturated heterocycles. The largest absolute Gasteiger partial charge is 0.353 e. The lowest BCUT2D eigenvalue weighted by atomic mass is 10.0. The summed E-state index contributed by atoms with van der Waals surface area (Å²) in [5, 5.41) is 4.34. The zero-order valence-electron chi connectivity index (χ0n) is 17.7. The molecule has 3 rings (SSSR count). The van der Waals surface area contributed by atoms with Gasteiger partial charge in [-0.1, -0.05) is 41.0 Å². The Labute approximate surface area is 201 Å². The van der Waals surface area contributed by atoms with Gasteiger partial charge in [-0.25, -0.2) is 4.98 Å². The Morgan fingerprint density at radius 2 is 2.00 bits per heavy atom. The average molecular weight is 501 g/mol. The second kappa shape index (κ2) is 11.7. The second-order valence-corrected chi connectivity index (χ2v) is 10.9. The monoisotopic (exact) mass is 499 g/mol. The molecule has 168 valence electrons. The minimum atomic E-state index is 0.0595. The number of hydrogen-bond acceptors (Lipinski definition) is 6. The number of thioether (sulfide) groups is 1. The van der Waals surface area contributed by atoms with E-state index in [2.05, 4.69) is 15.2 Å². The lowest BCUT2D eigenvalue weighted by Crippen LogP contribution is -2.44.